The van der Waals surface area contributed by atoms with Crippen molar-refractivity contribution in [2.75, 3.05) is 5.73 Å². The minimum absolute atomic E-state index is 0.894. The highest BCUT2D eigenvalue weighted by Crippen LogP contribution is 2.19. The number of hydrogen-bond donors (Lipinski definition) is 1. The summed E-state index contributed by atoms with van der Waals surface area (Å²) in [4.78, 5) is 0. The second-order valence-corrected chi connectivity index (χ2v) is 3.92. The molecule has 2 nitrogen and oxygen atoms in total. The molecule has 2 aromatic rings. The van der Waals surface area contributed by atoms with Crippen molar-refractivity contribution in [1.29, 1.82) is 0 Å². The maximum atomic E-state index is 5.94. The van der Waals surface area contributed by atoms with E-state index >= 15 is 0 Å². The maximum Gasteiger partial charge on any atom is 0.0553 e. The molecule has 0 aliphatic carbocycles. The van der Waals surface area contributed by atoms with E-state index in [-0.39, 0.29) is 0 Å². The lowest BCUT2D eigenvalue weighted by atomic mass is 10.2. The largest absolute Gasteiger partial charge is 0.397 e. The average Bonchev–Trinajstić information content (AvgIpc) is 2.48. The lowest BCUT2D eigenvalue weighted by Crippen LogP contribution is -2.00. The standard InChI is InChI=1S/C13H16N2/c1-10-8-15(11(2)13(10)14)9-12-6-4-3-5-7-12/h3-8H,9,14H2,1-2H3. The van der Waals surface area contributed by atoms with Crippen molar-refractivity contribution in [3.63, 3.8) is 0 Å². The van der Waals surface area contributed by atoms with Gasteiger partial charge >= 0.3 is 0 Å². The van der Waals surface area contributed by atoms with Gasteiger partial charge in [0.25, 0.3) is 0 Å². The second-order valence-electron chi connectivity index (χ2n) is 3.92. The number of hydrogen-bond acceptors (Lipinski definition) is 1. The Morgan fingerprint density at radius 3 is 2.33 bits per heavy atom. The highest BCUT2D eigenvalue weighted by atomic mass is 15.0. The Morgan fingerprint density at radius 2 is 1.80 bits per heavy atom. The highest BCUT2D eigenvalue weighted by molar-refractivity contribution is 5.51. The number of nitrogen functional groups attached to an aromatic ring is 1. The lowest BCUT2D eigenvalue weighted by Gasteiger charge is -2.06. The van der Waals surface area contributed by atoms with Crippen LogP contribution in [0.25, 0.3) is 0 Å². The summed E-state index contributed by atoms with van der Waals surface area (Å²) in [7, 11) is 0. The van der Waals surface area contributed by atoms with Crippen molar-refractivity contribution < 1.29 is 0 Å². The fourth-order valence-electron chi connectivity index (χ4n) is 1.78. The van der Waals surface area contributed by atoms with E-state index in [4.69, 9.17) is 5.73 Å². The monoisotopic (exact) mass is 200 g/mol. The zero-order valence-corrected chi connectivity index (χ0v) is 9.20. The van der Waals surface area contributed by atoms with Gasteiger partial charge in [-0.1, -0.05) is 30.3 Å². The van der Waals surface area contributed by atoms with Gasteiger partial charge in [-0.25, -0.2) is 0 Å². The van der Waals surface area contributed by atoms with Crippen molar-refractivity contribution in [1.82, 2.24) is 4.57 Å². The second kappa shape index (κ2) is 3.81. The first kappa shape index (κ1) is 9.84. The molecule has 2 N–H and O–H groups in total. The summed E-state index contributed by atoms with van der Waals surface area (Å²) in [6, 6.07) is 10.4. The SMILES string of the molecule is Cc1cn(Cc2ccccc2)c(C)c1N. The van der Waals surface area contributed by atoms with Crippen molar-refractivity contribution in [2.45, 2.75) is 20.4 Å². The smallest absolute Gasteiger partial charge is 0.0553 e. The van der Waals surface area contributed by atoms with E-state index < -0.39 is 0 Å². The fourth-order valence-corrected chi connectivity index (χ4v) is 1.78. The molecule has 1 heterocycles. The molecule has 15 heavy (non-hydrogen) atoms. The molecule has 0 bridgehead atoms. The molecule has 0 spiro atoms. The van der Waals surface area contributed by atoms with Gasteiger partial charge in [0.05, 0.1) is 5.69 Å². The normalized spacial score (nSPS) is 10.5. The Morgan fingerprint density at radius 1 is 1.13 bits per heavy atom. The Hall–Kier alpha value is -1.70. The third-order valence-electron chi connectivity index (χ3n) is 2.79. The lowest BCUT2D eigenvalue weighted by molar-refractivity contribution is 0.776. The summed E-state index contributed by atoms with van der Waals surface area (Å²) in [5, 5.41) is 0. The van der Waals surface area contributed by atoms with E-state index in [0.717, 1.165) is 23.5 Å². The minimum Gasteiger partial charge on any atom is -0.397 e. The van der Waals surface area contributed by atoms with Gasteiger partial charge < -0.3 is 10.3 Å². The van der Waals surface area contributed by atoms with Gasteiger partial charge in [0.2, 0.25) is 0 Å². The first-order chi connectivity index (χ1) is 7.18. The summed E-state index contributed by atoms with van der Waals surface area (Å²) >= 11 is 0. The van der Waals surface area contributed by atoms with Crippen molar-refractivity contribution >= 4 is 5.69 Å². The molecule has 2 heteroatoms. The molecule has 0 radical (unpaired) electrons. The molecule has 78 valence electrons. The molecule has 0 atom stereocenters. The van der Waals surface area contributed by atoms with Crippen LogP contribution in [0.15, 0.2) is 36.5 Å². The number of anilines is 1. The molecule has 1 aromatic carbocycles. The van der Waals surface area contributed by atoms with E-state index in [1.165, 1.54) is 5.56 Å². The van der Waals surface area contributed by atoms with Crippen LogP contribution in [0.1, 0.15) is 16.8 Å². The Labute approximate surface area is 90.3 Å². The van der Waals surface area contributed by atoms with Gasteiger partial charge in [-0.15, -0.1) is 0 Å². The predicted octanol–water partition coefficient (Wildman–Crippen LogP) is 2.74. The molecule has 0 amide bonds. The third-order valence-corrected chi connectivity index (χ3v) is 2.79. The summed E-state index contributed by atoms with van der Waals surface area (Å²) in [5.74, 6) is 0. The number of aryl methyl sites for hydroxylation is 1. The molecular weight excluding hydrogens is 184 g/mol. The molecule has 0 saturated heterocycles. The Bertz CT molecular complexity index is 455. The van der Waals surface area contributed by atoms with Crippen LogP contribution in [-0.4, -0.2) is 4.57 Å². The summed E-state index contributed by atoms with van der Waals surface area (Å²) in [5.41, 5.74) is 10.5. The summed E-state index contributed by atoms with van der Waals surface area (Å²) < 4.78 is 2.19. The molecule has 0 aliphatic heterocycles. The molecule has 1 aromatic heterocycles. The molecule has 0 aliphatic rings. The third kappa shape index (κ3) is 1.89. The number of rotatable bonds is 2. The van der Waals surface area contributed by atoms with Crippen LogP contribution in [0.5, 0.6) is 0 Å². The zero-order valence-electron chi connectivity index (χ0n) is 9.20. The quantitative estimate of drug-likeness (QED) is 0.794. The van der Waals surface area contributed by atoms with Crippen molar-refractivity contribution in [3.8, 4) is 0 Å². The van der Waals surface area contributed by atoms with Gasteiger partial charge in [0.1, 0.15) is 0 Å². The number of nitrogens with zero attached hydrogens (tertiary/aromatic N) is 1. The maximum absolute atomic E-state index is 5.94. The van der Waals surface area contributed by atoms with Gasteiger partial charge in [0, 0.05) is 18.4 Å². The van der Waals surface area contributed by atoms with E-state index in [0.29, 0.717) is 0 Å². The van der Waals surface area contributed by atoms with Crippen LogP contribution < -0.4 is 5.73 Å². The molecule has 0 fully saturated rings. The number of aromatic nitrogens is 1. The summed E-state index contributed by atoms with van der Waals surface area (Å²) in [6.07, 6.45) is 2.11. The van der Waals surface area contributed by atoms with Crippen molar-refractivity contribution in [3.05, 3.63) is 53.3 Å². The molecule has 2 rings (SSSR count). The summed E-state index contributed by atoms with van der Waals surface area (Å²) in [6.45, 7) is 5.00. The Balaban J connectivity index is 2.29. The minimum atomic E-state index is 0.894. The van der Waals surface area contributed by atoms with Gasteiger partial charge in [-0.05, 0) is 25.0 Å². The number of benzene rings is 1. The van der Waals surface area contributed by atoms with E-state index in [2.05, 4.69) is 42.0 Å². The first-order valence-corrected chi connectivity index (χ1v) is 5.14. The topological polar surface area (TPSA) is 30.9 Å². The van der Waals surface area contributed by atoms with Crippen LogP contribution in [0.4, 0.5) is 5.69 Å². The van der Waals surface area contributed by atoms with E-state index in [9.17, 15) is 0 Å². The van der Waals surface area contributed by atoms with Crippen molar-refractivity contribution in [2.24, 2.45) is 0 Å². The highest BCUT2D eigenvalue weighted by Gasteiger charge is 2.05. The van der Waals surface area contributed by atoms with Crippen LogP contribution in [0.2, 0.25) is 0 Å². The average molecular weight is 200 g/mol. The Kier molecular flexibility index (Phi) is 2.50. The first-order valence-electron chi connectivity index (χ1n) is 5.14. The van der Waals surface area contributed by atoms with E-state index in [1.54, 1.807) is 0 Å². The van der Waals surface area contributed by atoms with E-state index in [1.807, 2.05) is 13.0 Å². The van der Waals surface area contributed by atoms with Gasteiger partial charge in [-0.2, -0.15) is 0 Å². The van der Waals surface area contributed by atoms with Crippen LogP contribution in [0.3, 0.4) is 0 Å². The molecular formula is C13H16N2. The molecule has 0 saturated carbocycles. The molecule has 0 unspecified atom stereocenters. The van der Waals surface area contributed by atoms with Crippen LogP contribution >= 0.6 is 0 Å². The van der Waals surface area contributed by atoms with Crippen LogP contribution in [-0.2, 0) is 6.54 Å². The predicted molar refractivity (Wildman–Crippen MR) is 63.9 cm³/mol. The fraction of sp³-hybridized carbons (Fsp3) is 0.231. The number of nitrogens with two attached hydrogens (primary N) is 1. The van der Waals surface area contributed by atoms with Gasteiger partial charge in [-0.3, -0.25) is 0 Å². The van der Waals surface area contributed by atoms with Crippen LogP contribution in [0, 0.1) is 13.8 Å². The van der Waals surface area contributed by atoms with Gasteiger partial charge in [0.15, 0.2) is 0 Å². The zero-order chi connectivity index (χ0) is 10.8.